The number of hydrogen-bond acceptors (Lipinski definition) is 4. The van der Waals surface area contributed by atoms with Gasteiger partial charge < -0.3 is 15.0 Å². The predicted octanol–water partition coefficient (Wildman–Crippen LogP) is 5.16. The molecule has 4 rings (SSSR count). The Labute approximate surface area is 169 Å². The van der Waals surface area contributed by atoms with E-state index in [-0.39, 0.29) is 17.7 Å². The monoisotopic (exact) mass is 391 g/mol. The van der Waals surface area contributed by atoms with Gasteiger partial charge in [0.2, 0.25) is 0 Å². The summed E-state index contributed by atoms with van der Waals surface area (Å²) < 4.78 is 19.4. The number of para-hydroxylation sites is 1. The molecule has 1 aliphatic rings. The minimum absolute atomic E-state index is 0.0257. The van der Waals surface area contributed by atoms with Gasteiger partial charge in [0.15, 0.2) is 11.6 Å². The molecule has 0 unspecified atom stereocenters. The second-order valence-corrected chi connectivity index (χ2v) is 6.97. The minimum Gasteiger partial charge on any atom is -0.454 e. The van der Waals surface area contributed by atoms with Crippen molar-refractivity contribution in [1.82, 2.24) is 9.88 Å². The van der Waals surface area contributed by atoms with E-state index in [2.05, 4.69) is 10.3 Å². The Bertz CT molecular complexity index is 1040. The normalized spacial score (nSPS) is 13.9. The van der Waals surface area contributed by atoms with Gasteiger partial charge in [-0.15, -0.1) is 0 Å². The number of rotatable bonds is 6. The van der Waals surface area contributed by atoms with Crippen LogP contribution in [0, 0.1) is 5.82 Å². The molecule has 0 spiro atoms. The Hall–Kier alpha value is -3.41. The highest BCUT2D eigenvalue weighted by atomic mass is 19.1. The van der Waals surface area contributed by atoms with Gasteiger partial charge in [-0.1, -0.05) is 24.3 Å². The van der Waals surface area contributed by atoms with Crippen molar-refractivity contribution in [2.24, 2.45) is 0 Å². The van der Waals surface area contributed by atoms with Crippen molar-refractivity contribution >= 4 is 11.7 Å². The zero-order valence-corrected chi connectivity index (χ0v) is 16.4. The van der Waals surface area contributed by atoms with E-state index in [1.807, 2.05) is 38.1 Å². The molecule has 1 aromatic heterocycles. The van der Waals surface area contributed by atoms with Crippen molar-refractivity contribution in [3.05, 3.63) is 83.3 Å². The number of nitrogens with one attached hydrogen (secondary N) is 1. The zero-order chi connectivity index (χ0) is 20.4. The molecular weight excluding hydrogens is 369 g/mol. The number of nitrogens with zero attached hydrogens (tertiary/aromatic N) is 2. The molecule has 0 radical (unpaired) electrons. The van der Waals surface area contributed by atoms with Crippen LogP contribution in [0.5, 0.6) is 11.5 Å². The van der Waals surface area contributed by atoms with Crippen LogP contribution in [0.25, 0.3) is 0 Å². The molecule has 1 aliphatic heterocycles. The van der Waals surface area contributed by atoms with Crippen LogP contribution in [0.1, 0.15) is 41.4 Å². The molecule has 0 bridgehead atoms. The second kappa shape index (κ2) is 7.91. The van der Waals surface area contributed by atoms with Gasteiger partial charge in [-0.25, -0.2) is 9.37 Å². The van der Waals surface area contributed by atoms with E-state index in [9.17, 15) is 9.18 Å². The van der Waals surface area contributed by atoms with E-state index in [1.165, 1.54) is 6.07 Å². The lowest BCUT2D eigenvalue weighted by atomic mass is 10.1. The van der Waals surface area contributed by atoms with Crippen LogP contribution in [0.15, 0.2) is 60.8 Å². The van der Waals surface area contributed by atoms with Gasteiger partial charge in [-0.3, -0.25) is 4.79 Å². The number of carbonyl (C=O) groups is 1. The Morgan fingerprint density at radius 3 is 2.66 bits per heavy atom. The highest BCUT2D eigenvalue weighted by Gasteiger charge is 2.29. The first-order valence-corrected chi connectivity index (χ1v) is 9.63. The van der Waals surface area contributed by atoms with E-state index in [1.54, 1.807) is 35.4 Å². The van der Waals surface area contributed by atoms with Gasteiger partial charge in [0.25, 0.3) is 5.91 Å². The fraction of sp³-hybridized carbons (Fsp3) is 0.217. The van der Waals surface area contributed by atoms with Crippen molar-refractivity contribution in [2.45, 2.75) is 26.4 Å². The molecule has 0 saturated carbocycles. The zero-order valence-electron chi connectivity index (χ0n) is 16.4. The summed E-state index contributed by atoms with van der Waals surface area (Å²) in [5.74, 6) is 1.14. The smallest absolute Gasteiger partial charge is 0.254 e. The number of pyridine rings is 1. The fourth-order valence-electron chi connectivity index (χ4n) is 3.43. The van der Waals surface area contributed by atoms with E-state index < -0.39 is 5.82 Å². The Morgan fingerprint density at radius 2 is 1.93 bits per heavy atom. The molecule has 3 aromatic rings. The molecular formula is C23H22FN3O2. The van der Waals surface area contributed by atoms with Crippen molar-refractivity contribution in [3.8, 4) is 11.5 Å². The van der Waals surface area contributed by atoms with Crippen molar-refractivity contribution in [2.75, 3.05) is 11.9 Å². The first kappa shape index (κ1) is 18.9. The van der Waals surface area contributed by atoms with Crippen LogP contribution in [-0.2, 0) is 6.54 Å². The van der Waals surface area contributed by atoms with E-state index in [4.69, 9.17) is 4.74 Å². The number of ether oxygens (including phenoxy) is 1. The number of benzene rings is 2. The third kappa shape index (κ3) is 3.78. The van der Waals surface area contributed by atoms with Gasteiger partial charge >= 0.3 is 0 Å². The average Bonchev–Trinajstić information content (AvgIpc) is 3.07. The topological polar surface area (TPSA) is 54.5 Å². The van der Waals surface area contributed by atoms with Crippen LogP contribution < -0.4 is 10.1 Å². The molecule has 148 valence electrons. The van der Waals surface area contributed by atoms with Crippen molar-refractivity contribution in [1.29, 1.82) is 0 Å². The van der Waals surface area contributed by atoms with Gasteiger partial charge in [0.05, 0.1) is 6.54 Å². The molecule has 1 N–H and O–H groups in total. The Balaban J connectivity index is 1.48. The number of aromatic nitrogens is 1. The lowest BCUT2D eigenvalue weighted by molar-refractivity contribution is 0.0787. The summed E-state index contributed by atoms with van der Waals surface area (Å²) in [7, 11) is 0. The summed E-state index contributed by atoms with van der Waals surface area (Å²) in [5.41, 5.74) is 2.68. The largest absolute Gasteiger partial charge is 0.454 e. The number of halogens is 1. The highest BCUT2D eigenvalue weighted by Crippen LogP contribution is 2.31. The standard InChI is InChI=1S/C23H22FN3O2/c1-3-27-14-19-18(23(27)28)12-13-25-22(19)26-15(2)16-8-10-17(11-9-16)29-21-7-5-4-6-20(21)24/h4-13,15H,3,14H2,1-2H3,(H,25,26)/t15-/m0/s1. The van der Waals surface area contributed by atoms with E-state index in [0.717, 1.165) is 16.9 Å². The van der Waals surface area contributed by atoms with Crippen molar-refractivity contribution < 1.29 is 13.9 Å². The van der Waals surface area contributed by atoms with Gasteiger partial charge in [-0.2, -0.15) is 0 Å². The van der Waals surface area contributed by atoms with Gasteiger partial charge in [0, 0.05) is 29.9 Å². The van der Waals surface area contributed by atoms with Gasteiger partial charge in [-0.05, 0) is 49.7 Å². The Kier molecular flexibility index (Phi) is 5.16. The summed E-state index contributed by atoms with van der Waals surface area (Å²) in [6.07, 6.45) is 1.66. The molecule has 0 saturated heterocycles. The first-order chi connectivity index (χ1) is 14.1. The molecule has 2 heterocycles. The maximum atomic E-state index is 13.7. The van der Waals surface area contributed by atoms with Crippen LogP contribution >= 0.6 is 0 Å². The molecule has 5 nitrogen and oxygen atoms in total. The molecule has 29 heavy (non-hydrogen) atoms. The van der Waals surface area contributed by atoms with Crippen LogP contribution in [0.2, 0.25) is 0 Å². The number of amides is 1. The fourth-order valence-corrected chi connectivity index (χ4v) is 3.43. The lowest BCUT2D eigenvalue weighted by Crippen LogP contribution is -2.22. The van der Waals surface area contributed by atoms with Crippen LogP contribution in [0.3, 0.4) is 0 Å². The van der Waals surface area contributed by atoms with Crippen LogP contribution in [0.4, 0.5) is 10.2 Å². The number of hydrogen-bond donors (Lipinski definition) is 1. The van der Waals surface area contributed by atoms with E-state index >= 15 is 0 Å². The minimum atomic E-state index is -0.397. The van der Waals surface area contributed by atoms with Gasteiger partial charge in [0.1, 0.15) is 11.6 Å². The SMILES string of the molecule is CCN1Cc2c(ccnc2N[C@@H](C)c2ccc(Oc3ccccc3F)cc2)C1=O. The van der Waals surface area contributed by atoms with Crippen molar-refractivity contribution in [3.63, 3.8) is 0 Å². The van der Waals surface area contributed by atoms with Crippen LogP contribution in [-0.4, -0.2) is 22.3 Å². The maximum Gasteiger partial charge on any atom is 0.254 e. The number of fused-ring (bicyclic) bond motifs is 1. The summed E-state index contributed by atoms with van der Waals surface area (Å²) >= 11 is 0. The summed E-state index contributed by atoms with van der Waals surface area (Å²) in [4.78, 5) is 18.6. The van der Waals surface area contributed by atoms with E-state index in [0.29, 0.717) is 24.4 Å². The molecule has 0 fully saturated rings. The second-order valence-electron chi connectivity index (χ2n) is 6.97. The maximum absolute atomic E-state index is 13.7. The number of carbonyl (C=O) groups excluding carboxylic acids is 1. The Morgan fingerprint density at radius 1 is 1.17 bits per heavy atom. The summed E-state index contributed by atoms with van der Waals surface area (Å²) in [5, 5.41) is 3.41. The molecule has 1 amide bonds. The first-order valence-electron chi connectivity index (χ1n) is 9.63. The summed E-state index contributed by atoms with van der Waals surface area (Å²) in [6.45, 7) is 5.25. The highest BCUT2D eigenvalue weighted by molar-refractivity contribution is 5.99. The lowest BCUT2D eigenvalue weighted by Gasteiger charge is -2.18. The number of anilines is 1. The molecule has 0 aliphatic carbocycles. The summed E-state index contributed by atoms with van der Waals surface area (Å²) in [6, 6.07) is 15.5. The average molecular weight is 391 g/mol. The molecule has 1 atom stereocenters. The molecule has 2 aromatic carbocycles. The third-order valence-corrected chi connectivity index (χ3v) is 5.10. The third-order valence-electron chi connectivity index (χ3n) is 5.10. The predicted molar refractivity (Wildman–Crippen MR) is 110 cm³/mol. The quantitative estimate of drug-likeness (QED) is 0.630. The molecule has 6 heteroatoms.